The van der Waals surface area contributed by atoms with Crippen LogP contribution >= 0.6 is 7.82 Å². The van der Waals surface area contributed by atoms with Crippen LogP contribution in [0.4, 0.5) is 20.7 Å². The van der Waals surface area contributed by atoms with Crippen molar-refractivity contribution in [1.82, 2.24) is 10.1 Å². The standard InChI is InChI=1S/C23H24FN4O9PS.2K/c24-19-11-16(28-14-17(36-22(28)29)13-26-21-5-8-35-27-21)2-3-18(19)15-1-4-20(25-12-15)23(37-38(30,31)32)6-9-39(33,34)10-7-23;;/h1-5,8,11-12,17H,6-7,9-10,13-14H2,(H,26,27)(H2,30,31,32);;/q;2*+1/p-2/t17-;;/m0../s1. The number of sulfone groups is 1. The Kier molecular flexibility index (Phi) is 12.4. The van der Waals surface area contributed by atoms with E-state index in [1.54, 1.807) is 12.1 Å². The molecule has 13 nitrogen and oxygen atoms in total. The maximum absolute atomic E-state index is 15.1. The minimum Gasteiger partial charge on any atom is -0.790 e. The Morgan fingerprint density at radius 1 is 1.17 bits per heavy atom. The maximum Gasteiger partial charge on any atom is 1.00 e. The normalized spacial score (nSPS) is 19.5. The van der Waals surface area contributed by atoms with Crippen LogP contribution in [0.2, 0.25) is 0 Å². The van der Waals surface area contributed by atoms with Gasteiger partial charge in [0.1, 0.15) is 23.8 Å². The molecule has 1 aromatic carbocycles. The summed E-state index contributed by atoms with van der Waals surface area (Å²) in [6.07, 6.45) is 1.01. The van der Waals surface area contributed by atoms with Gasteiger partial charge >= 0.3 is 109 Å². The SMILES string of the molecule is O=C1O[C@@H](CNc2ccon2)CN1c1ccc(-c2ccc(C3(OP(=O)([O-])[O-])CCS(=O)(=O)CC3)nc2)c(F)c1.[K+].[K+]. The van der Waals surface area contributed by atoms with Gasteiger partial charge in [0.15, 0.2) is 15.7 Å². The Hall–Kier alpha value is -0.0873. The number of pyridine rings is 1. The number of ether oxygens (including phenoxy) is 1. The molecule has 0 saturated carbocycles. The van der Waals surface area contributed by atoms with Crippen LogP contribution in [0.25, 0.3) is 11.1 Å². The number of hydrogen-bond acceptors (Lipinski definition) is 12. The second-order valence-corrected chi connectivity index (χ2v) is 12.5. The van der Waals surface area contributed by atoms with Crippen LogP contribution in [0, 0.1) is 5.82 Å². The number of cyclic esters (lactones) is 1. The Bertz CT molecular complexity index is 1510. The van der Waals surface area contributed by atoms with E-state index in [2.05, 4.69) is 15.5 Å². The topological polar surface area (TPSA) is 187 Å². The van der Waals surface area contributed by atoms with Gasteiger partial charge in [0.05, 0.1) is 43.8 Å². The Balaban J connectivity index is 0.00000231. The van der Waals surface area contributed by atoms with Crippen LogP contribution in [-0.2, 0) is 29.3 Å². The second-order valence-electron chi connectivity index (χ2n) is 9.16. The van der Waals surface area contributed by atoms with Gasteiger partial charge in [0, 0.05) is 23.4 Å². The molecule has 2 fully saturated rings. The van der Waals surface area contributed by atoms with Crippen LogP contribution in [0.15, 0.2) is 53.4 Å². The summed E-state index contributed by atoms with van der Waals surface area (Å²) in [7, 11) is -8.88. The Labute approximate surface area is 319 Å². The van der Waals surface area contributed by atoms with Crippen molar-refractivity contribution < 1.29 is 149 Å². The molecule has 3 aromatic rings. The number of carbonyl (C=O) groups excluding carboxylic acids is 1. The summed E-state index contributed by atoms with van der Waals surface area (Å²) in [5.41, 5.74) is -0.913. The Morgan fingerprint density at radius 2 is 1.90 bits per heavy atom. The van der Waals surface area contributed by atoms with Crippen LogP contribution in [0.5, 0.6) is 0 Å². The van der Waals surface area contributed by atoms with Crippen LogP contribution in [-0.4, -0.2) is 55.4 Å². The van der Waals surface area contributed by atoms with Gasteiger partial charge in [-0.1, -0.05) is 11.2 Å². The number of benzene rings is 1. The molecule has 1 amide bonds. The van der Waals surface area contributed by atoms with E-state index in [1.165, 1.54) is 41.6 Å². The molecular formula is C23H22FK2N4O9PS. The fourth-order valence-corrected chi connectivity index (χ4v) is 6.76. The van der Waals surface area contributed by atoms with E-state index in [1.807, 2.05) is 0 Å². The molecular weight excluding hydrogens is 637 g/mol. The van der Waals surface area contributed by atoms with Gasteiger partial charge < -0.3 is 33.5 Å². The number of nitrogens with one attached hydrogen (secondary N) is 1. The van der Waals surface area contributed by atoms with Crippen molar-refractivity contribution in [2.45, 2.75) is 24.5 Å². The fraction of sp³-hybridized carbons (Fsp3) is 0.348. The molecule has 0 aliphatic carbocycles. The average Bonchev–Trinajstić information content (AvgIpc) is 3.53. The molecule has 0 radical (unpaired) electrons. The average molecular weight is 659 g/mol. The van der Waals surface area contributed by atoms with Crippen molar-refractivity contribution in [3.8, 4) is 11.1 Å². The fourth-order valence-electron chi connectivity index (χ4n) is 4.57. The molecule has 2 aromatic heterocycles. The van der Waals surface area contributed by atoms with Gasteiger partial charge in [-0.3, -0.25) is 9.88 Å². The predicted molar refractivity (Wildman–Crippen MR) is 130 cm³/mol. The number of nitrogens with zero attached hydrogens (tertiary/aromatic N) is 3. The van der Waals surface area contributed by atoms with Crippen molar-refractivity contribution in [3.05, 3.63) is 60.4 Å². The second kappa shape index (κ2) is 14.3. The number of phosphoric acid groups is 1. The first-order valence-electron chi connectivity index (χ1n) is 11.8. The van der Waals surface area contributed by atoms with Gasteiger partial charge in [-0.05, 0) is 37.1 Å². The van der Waals surface area contributed by atoms with Crippen molar-refractivity contribution >= 4 is 35.3 Å². The van der Waals surface area contributed by atoms with Gasteiger partial charge in [-0.15, -0.1) is 0 Å². The summed E-state index contributed by atoms with van der Waals surface area (Å²) in [6, 6.07) is 8.63. The smallest absolute Gasteiger partial charge is 0.790 e. The molecule has 0 spiro atoms. The summed E-state index contributed by atoms with van der Waals surface area (Å²) >= 11 is 0. The maximum atomic E-state index is 15.1. The number of rotatable bonds is 8. The number of amides is 1. The van der Waals surface area contributed by atoms with E-state index >= 15 is 4.39 Å². The molecule has 18 heteroatoms. The quantitative estimate of drug-likeness (QED) is 0.181. The van der Waals surface area contributed by atoms with Crippen molar-refractivity contribution in [2.24, 2.45) is 0 Å². The van der Waals surface area contributed by atoms with Gasteiger partial charge in [0.2, 0.25) is 0 Å². The molecule has 4 heterocycles. The number of phosphoric ester groups is 1. The third-order valence-electron chi connectivity index (χ3n) is 6.55. The van der Waals surface area contributed by atoms with E-state index < -0.39 is 41.3 Å². The summed E-state index contributed by atoms with van der Waals surface area (Å²) in [5, 5.41) is 6.68. The first-order valence-corrected chi connectivity index (χ1v) is 15.0. The summed E-state index contributed by atoms with van der Waals surface area (Å²) in [5.74, 6) is -0.913. The number of anilines is 2. The zero-order valence-electron chi connectivity index (χ0n) is 22.2. The van der Waals surface area contributed by atoms with Crippen LogP contribution in [0.3, 0.4) is 0 Å². The first kappa shape index (κ1) is 35.4. The molecule has 208 valence electrons. The van der Waals surface area contributed by atoms with E-state index in [0.717, 1.165) is 0 Å². The number of hydrogen-bond donors (Lipinski definition) is 1. The molecule has 1 N–H and O–H groups in total. The van der Waals surface area contributed by atoms with Crippen molar-refractivity contribution in [3.63, 3.8) is 0 Å². The van der Waals surface area contributed by atoms with Crippen molar-refractivity contribution in [1.29, 1.82) is 0 Å². The van der Waals surface area contributed by atoms with Gasteiger partial charge in [-0.25, -0.2) is 17.6 Å². The summed E-state index contributed by atoms with van der Waals surface area (Å²) in [4.78, 5) is 40.7. The van der Waals surface area contributed by atoms with E-state index in [0.29, 0.717) is 11.4 Å². The molecule has 1 atom stereocenters. The minimum absolute atomic E-state index is 0. The van der Waals surface area contributed by atoms with E-state index in [4.69, 9.17) is 13.8 Å². The number of aromatic nitrogens is 2. The molecule has 2 saturated heterocycles. The van der Waals surface area contributed by atoms with Crippen molar-refractivity contribution in [2.75, 3.05) is 34.8 Å². The number of carbonyl (C=O) groups is 1. The minimum atomic E-state index is -5.48. The third-order valence-corrected chi connectivity index (χ3v) is 8.77. The number of halogens is 1. The first-order chi connectivity index (χ1) is 18.4. The molecule has 5 rings (SSSR count). The largest absolute Gasteiger partial charge is 1.00 e. The van der Waals surface area contributed by atoms with Crippen LogP contribution in [0.1, 0.15) is 18.5 Å². The van der Waals surface area contributed by atoms with Crippen LogP contribution < -0.4 is 123 Å². The molecule has 0 bridgehead atoms. The zero-order chi connectivity index (χ0) is 27.8. The monoisotopic (exact) mass is 658 g/mol. The Morgan fingerprint density at radius 3 is 2.49 bits per heavy atom. The van der Waals surface area contributed by atoms with E-state index in [9.17, 15) is 27.6 Å². The van der Waals surface area contributed by atoms with Gasteiger partial charge in [-0.2, -0.15) is 0 Å². The summed E-state index contributed by atoms with van der Waals surface area (Å²) < 4.78 is 65.2. The van der Waals surface area contributed by atoms with Gasteiger partial charge in [0.25, 0.3) is 0 Å². The molecule has 2 aliphatic heterocycles. The third kappa shape index (κ3) is 8.76. The summed E-state index contributed by atoms with van der Waals surface area (Å²) in [6.45, 7) is 0.457. The molecule has 41 heavy (non-hydrogen) atoms. The molecule has 0 unspecified atom stereocenters. The van der Waals surface area contributed by atoms with E-state index in [-0.39, 0.29) is 157 Å². The predicted octanol–water partition coefficient (Wildman–Crippen LogP) is -4.43. The molecule has 2 aliphatic rings. The zero-order valence-corrected chi connectivity index (χ0v) is 30.1.